The molecule has 0 unspecified atom stereocenters. The maximum Gasteiger partial charge on any atom is 0.226 e. The van der Waals surface area contributed by atoms with Crippen molar-refractivity contribution >= 4 is 17.5 Å². The van der Waals surface area contributed by atoms with Crippen LogP contribution in [0.5, 0.6) is 5.75 Å². The molecule has 6 nitrogen and oxygen atoms in total. The van der Waals surface area contributed by atoms with Crippen LogP contribution in [-0.2, 0) is 14.3 Å². The number of rotatable bonds is 9. The standard InChI is InChI=1S/C16H24N2O4/c1-4-22-15-7-5-14(6-8-15)17-16(20)9-10-18(13(2)19)11-12-21-3/h5-8H,4,9-12H2,1-3H3,(H,17,20). The van der Waals surface area contributed by atoms with Crippen LogP contribution >= 0.6 is 0 Å². The number of anilines is 1. The zero-order valence-electron chi connectivity index (χ0n) is 13.4. The van der Waals surface area contributed by atoms with Gasteiger partial charge in [0.15, 0.2) is 0 Å². The monoisotopic (exact) mass is 308 g/mol. The van der Waals surface area contributed by atoms with Gasteiger partial charge >= 0.3 is 0 Å². The molecule has 0 saturated heterocycles. The molecule has 1 aromatic carbocycles. The van der Waals surface area contributed by atoms with E-state index in [4.69, 9.17) is 9.47 Å². The van der Waals surface area contributed by atoms with Crippen molar-refractivity contribution in [3.63, 3.8) is 0 Å². The van der Waals surface area contributed by atoms with Gasteiger partial charge in [-0.1, -0.05) is 0 Å². The van der Waals surface area contributed by atoms with Gasteiger partial charge in [-0.15, -0.1) is 0 Å². The molecular formula is C16H24N2O4. The highest BCUT2D eigenvalue weighted by Gasteiger charge is 2.11. The van der Waals surface area contributed by atoms with Gasteiger partial charge < -0.3 is 19.7 Å². The second-order valence-electron chi connectivity index (χ2n) is 4.75. The molecular weight excluding hydrogens is 284 g/mol. The summed E-state index contributed by atoms with van der Waals surface area (Å²) in [5, 5.41) is 2.80. The Kier molecular flexibility index (Phi) is 7.99. The normalized spacial score (nSPS) is 10.1. The third-order valence-electron chi connectivity index (χ3n) is 3.07. The summed E-state index contributed by atoms with van der Waals surface area (Å²) in [4.78, 5) is 25.0. The quantitative estimate of drug-likeness (QED) is 0.756. The Morgan fingerprint density at radius 3 is 2.41 bits per heavy atom. The van der Waals surface area contributed by atoms with Gasteiger partial charge in [0, 0.05) is 39.2 Å². The highest BCUT2D eigenvalue weighted by molar-refractivity contribution is 5.91. The van der Waals surface area contributed by atoms with Gasteiger partial charge in [0.25, 0.3) is 0 Å². The topological polar surface area (TPSA) is 67.9 Å². The average molecular weight is 308 g/mol. The van der Waals surface area contributed by atoms with Crippen molar-refractivity contribution in [2.75, 3.05) is 38.7 Å². The summed E-state index contributed by atoms with van der Waals surface area (Å²) >= 11 is 0. The molecule has 22 heavy (non-hydrogen) atoms. The van der Waals surface area contributed by atoms with E-state index >= 15 is 0 Å². The van der Waals surface area contributed by atoms with Gasteiger partial charge in [0.1, 0.15) is 5.75 Å². The van der Waals surface area contributed by atoms with Crippen LogP contribution in [0.4, 0.5) is 5.69 Å². The number of nitrogens with zero attached hydrogens (tertiary/aromatic N) is 1. The van der Waals surface area contributed by atoms with Crippen LogP contribution in [0.2, 0.25) is 0 Å². The van der Waals surface area contributed by atoms with Crippen molar-refractivity contribution in [1.29, 1.82) is 0 Å². The van der Waals surface area contributed by atoms with Gasteiger partial charge in [-0.25, -0.2) is 0 Å². The van der Waals surface area contributed by atoms with Crippen LogP contribution in [-0.4, -0.2) is 50.1 Å². The molecule has 0 aliphatic rings. The third kappa shape index (κ3) is 6.58. The van der Waals surface area contributed by atoms with Crippen molar-refractivity contribution < 1.29 is 19.1 Å². The van der Waals surface area contributed by atoms with Gasteiger partial charge in [-0.05, 0) is 31.2 Å². The molecule has 0 aromatic heterocycles. The zero-order valence-corrected chi connectivity index (χ0v) is 13.4. The van der Waals surface area contributed by atoms with Crippen molar-refractivity contribution in [1.82, 2.24) is 4.90 Å². The smallest absolute Gasteiger partial charge is 0.226 e. The minimum absolute atomic E-state index is 0.0640. The van der Waals surface area contributed by atoms with Crippen molar-refractivity contribution in [2.45, 2.75) is 20.3 Å². The van der Waals surface area contributed by atoms with E-state index in [-0.39, 0.29) is 18.2 Å². The molecule has 1 aromatic rings. The Bertz CT molecular complexity index is 474. The number of nitrogens with one attached hydrogen (secondary N) is 1. The first-order valence-corrected chi connectivity index (χ1v) is 7.34. The second kappa shape index (κ2) is 9.78. The lowest BCUT2D eigenvalue weighted by atomic mass is 10.3. The Morgan fingerprint density at radius 2 is 1.86 bits per heavy atom. The van der Waals surface area contributed by atoms with E-state index in [0.717, 1.165) is 5.75 Å². The highest BCUT2D eigenvalue weighted by Crippen LogP contribution is 2.15. The van der Waals surface area contributed by atoms with E-state index in [1.54, 1.807) is 36.3 Å². The molecule has 1 rings (SSSR count). The Balaban J connectivity index is 2.42. The molecule has 0 heterocycles. The molecule has 0 spiro atoms. The highest BCUT2D eigenvalue weighted by atomic mass is 16.5. The summed E-state index contributed by atoms with van der Waals surface area (Å²) in [7, 11) is 1.58. The van der Waals surface area contributed by atoms with Gasteiger partial charge in [-0.3, -0.25) is 9.59 Å². The average Bonchev–Trinajstić information content (AvgIpc) is 2.49. The van der Waals surface area contributed by atoms with Crippen LogP contribution in [0.15, 0.2) is 24.3 Å². The van der Waals surface area contributed by atoms with Crippen molar-refractivity contribution in [2.24, 2.45) is 0 Å². The summed E-state index contributed by atoms with van der Waals surface area (Å²) in [6, 6.07) is 7.19. The first-order chi connectivity index (χ1) is 10.6. The van der Waals surface area contributed by atoms with E-state index in [1.165, 1.54) is 6.92 Å². The third-order valence-corrected chi connectivity index (χ3v) is 3.07. The summed E-state index contributed by atoms with van der Waals surface area (Å²) in [6.07, 6.45) is 0.247. The SMILES string of the molecule is CCOc1ccc(NC(=O)CCN(CCOC)C(C)=O)cc1. The first-order valence-electron chi connectivity index (χ1n) is 7.34. The van der Waals surface area contributed by atoms with Crippen LogP contribution in [0.1, 0.15) is 20.3 Å². The predicted octanol–water partition coefficient (Wildman–Crippen LogP) is 1.91. The fourth-order valence-electron chi connectivity index (χ4n) is 1.89. The van der Waals surface area contributed by atoms with Gasteiger partial charge in [0.05, 0.1) is 13.2 Å². The molecule has 0 fully saturated rings. The molecule has 1 N–H and O–H groups in total. The number of hydrogen-bond donors (Lipinski definition) is 1. The Hall–Kier alpha value is -2.08. The van der Waals surface area contributed by atoms with Crippen LogP contribution in [0, 0.1) is 0 Å². The van der Waals surface area contributed by atoms with Crippen LogP contribution in [0.25, 0.3) is 0 Å². The fourth-order valence-corrected chi connectivity index (χ4v) is 1.89. The summed E-state index contributed by atoms with van der Waals surface area (Å²) in [5.74, 6) is 0.571. The number of methoxy groups -OCH3 is 1. The maximum atomic E-state index is 11.9. The molecule has 122 valence electrons. The molecule has 0 aliphatic heterocycles. The molecule has 0 aliphatic carbocycles. The number of benzene rings is 1. The lowest BCUT2D eigenvalue weighted by molar-refractivity contribution is -0.130. The Labute approximate surface area is 131 Å². The molecule has 0 bridgehead atoms. The lowest BCUT2D eigenvalue weighted by Crippen LogP contribution is -2.34. The first kappa shape index (κ1) is 18.0. The lowest BCUT2D eigenvalue weighted by Gasteiger charge is -2.20. The summed E-state index contributed by atoms with van der Waals surface area (Å²) < 4.78 is 10.3. The Morgan fingerprint density at radius 1 is 1.18 bits per heavy atom. The minimum atomic E-state index is -0.132. The van der Waals surface area contributed by atoms with Crippen molar-refractivity contribution in [3.05, 3.63) is 24.3 Å². The fraction of sp³-hybridized carbons (Fsp3) is 0.500. The second-order valence-corrected chi connectivity index (χ2v) is 4.75. The number of ether oxygens (including phenoxy) is 2. The van der Waals surface area contributed by atoms with Gasteiger partial charge in [-0.2, -0.15) is 0 Å². The number of hydrogen-bond acceptors (Lipinski definition) is 4. The predicted molar refractivity (Wildman–Crippen MR) is 85.0 cm³/mol. The number of carbonyl (C=O) groups is 2. The van der Waals surface area contributed by atoms with Crippen LogP contribution in [0.3, 0.4) is 0 Å². The van der Waals surface area contributed by atoms with Gasteiger partial charge in [0.2, 0.25) is 11.8 Å². The number of carbonyl (C=O) groups excluding carboxylic acids is 2. The molecule has 2 amide bonds. The van der Waals surface area contributed by atoms with Crippen LogP contribution < -0.4 is 10.1 Å². The minimum Gasteiger partial charge on any atom is -0.494 e. The largest absolute Gasteiger partial charge is 0.494 e. The van der Waals surface area contributed by atoms with E-state index in [9.17, 15) is 9.59 Å². The van der Waals surface area contributed by atoms with E-state index < -0.39 is 0 Å². The molecule has 0 saturated carbocycles. The summed E-state index contributed by atoms with van der Waals surface area (Å²) in [5.41, 5.74) is 0.708. The van der Waals surface area contributed by atoms with E-state index in [2.05, 4.69) is 5.32 Å². The van der Waals surface area contributed by atoms with Crippen molar-refractivity contribution in [3.8, 4) is 5.75 Å². The summed E-state index contributed by atoms with van der Waals surface area (Å²) in [6.45, 7) is 5.33. The maximum absolute atomic E-state index is 11.9. The number of amides is 2. The van der Waals surface area contributed by atoms with E-state index in [1.807, 2.05) is 6.92 Å². The van der Waals surface area contributed by atoms with E-state index in [0.29, 0.717) is 32.0 Å². The molecule has 6 heteroatoms. The molecule has 0 radical (unpaired) electrons. The zero-order chi connectivity index (χ0) is 16.4. The molecule has 0 atom stereocenters.